The molecule has 1 fully saturated rings. The third-order valence-electron chi connectivity index (χ3n) is 3.64. The van der Waals surface area contributed by atoms with Crippen molar-refractivity contribution >= 4 is 23.2 Å². The SMILES string of the molecule is CCCNCc1c(N2CCSCC2)nc2ccccn12. The van der Waals surface area contributed by atoms with Gasteiger partial charge in [-0.1, -0.05) is 13.0 Å². The van der Waals surface area contributed by atoms with Crippen LogP contribution in [0.25, 0.3) is 5.65 Å². The number of aromatic nitrogens is 2. The summed E-state index contributed by atoms with van der Waals surface area (Å²) in [5.41, 5.74) is 2.34. The van der Waals surface area contributed by atoms with E-state index in [4.69, 9.17) is 4.98 Å². The standard InChI is InChI=1S/C15H22N4S/c1-2-6-16-12-13-15(18-8-10-20-11-9-18)17-14-5-3-4-7-19(13)14/h3-5,7,16H,2,6,8-12H2,1H3. The number of nitrogens with one attached hydrogen (secondary N) is 1. The van der Waals surface area contributed by atoms with Crippen LogP contribution in [0.4, 0.5) is 5.82 Å². The Morgan fingerprint density at radius 1 is 1.30 bits per heavy atom. The summed E-state index contributed by atoms with van der Waals surface area (Å²) >= 11 is 2.04. The second-order valence-electron chi connectivity index (χ2n) is 5.09. The summed E-state index contributed by atoms with van der Waals surface area (Å²) in [5, 5.41) is 3.52. The van der Waals surface area contributed by atoms with Gasteiger partial charge in [0.1, 0.15) is 5.65 Å². The Kier molecular flexibility index (Phi) is 4.47. The van der Waals surface area contributed by atoms with E-state index < -0.39 is 0 Å². The molecule has 0 spiro atoms. The van der Waals surface area contributed by atoms with E-state index in [0.717, 1.165) is 38.2 Å². The summed E-state index contributed by atoms with van der Waals surface area (Å²) in [6, 6.07) is 6.22. The highest BCUT2D eigenvalue weighted by atomic mass is 32.2. The lowest BCUT2D eigenvalue weighted by Crippen LogP contribution is -2.34. The van der Waals surface area contributed by atoms with Crippen molar-refractivity contribution in [1.29, 1.82) is 0 Å². The van der Waals surface area contributed by atoms with Crippen LogP contribution in [0, 0.1) is 0 Å². The normalized spacial score (nSPS) is 15.9. The number of thioether (sulfide) groups is 1. The molecule has 0 amide bonds. The Morgan fingerprint density at radius 3 is 2.95 bits per heavy atom. The van der Waals surface area contributed by atoms with Crippen LogP contribution in [0.15, 0.2) is 24.4 Å². The zero-order valence-electron chi connectivity index (χ0n) is 12.0. The molecule has 0 bridgehead atoms. The average Bonchev–Trinajstić information content (AvgIpc) is 2.87. The van der Waals surface area contributed by atoms with Gasteiger partial charge in [-0.3, -0.25) is 0 Å². The van der Waals surface area contributed by atoms with Crippen molar-refractivity contribution in [1.82, 2.24) is 14.7 Å². The van der Waals surface area contributed by atoms with Crippen LogP contribution < -0.4 is 10.2 Å². The number of hydrogen-bond donors (Lipinski definition) is 1. The summed E-state index contributed by atoms with van der Waals surface area (Å²) in [4.78, 5) is 7.29. The lowest BCUT2D eigenvalue weighted by Gasteiger charge is -2.27. The zero-order valence-corrected chi connectivity index (χ0v) is 12.8. The van der Waals surface area contributed by atoms with Crippen LogP contribution in [0.1, 0.15) is 19.0 Å². The van der Waals surface area contributed by atoms with Gasteiger partial charge >= 0.3 is 0 Å². The molecule has 108 valence electrons. The smallest absolute Gasteiger partial charge is 0.152 e. The van der Waals surface area contributed by atoms with Crippen molar-refractivity contribution in [3.05, 3.63) is 30.1 Å². The van der Waals surface area contributed by atoms with Gasteiger partial charge in [0.25, 0.3) is 0 Å². The molecular weight excluding hydrogens is 268 g/mol. The Morgan fingerprint density at radius 2 is 2.15 bits per heavy atom. The number of pyridine rings is 1. The summed E-state index contributed by atoms with van der Waals surface area (Å²) in [6.07, 6.45) is 3.28. The Bertz CT molecular complexity index is 560. The van der Waals surface area contributed by atoms with Gasteiger partial charge in [-0.2, -0.15) is 11.8 Å². The highest BCUT2D eigenvalue weighted by molar-refractivity contribution is 7.99. The van der Waals surface area contributed by atoms with Crippen molar-refractivity contribution in [2.45, 2.75) is 19.9 Å². The Labute approximate surface area is 124 Å². The minimum atomic E-state index is 0.887. The maximum Gasteiger partial charge on any atom is 0.152 e. The maximum absolute atomic E-state index is 4.85. The van der Waals surface area contributed by atoms with Crippen LogP contribution in [-0.2, 0) is 6.54 Å². The molecule has 2 aromatic rings. The van der Waals surface area contributed by atoms with Crippen molar-refractivity contribution in [2.75, 3.05) is 36.0 Å². The van der Waals surface area contributed by atoms with Gasteiger partial charge < -0.3 is 14.6 Å². The molecule has 1 saturated heterocycles. The summed E-state index contributed by atoms with van der Waals surface area (Å²) in [5.74, 6) is 3.57. The molecular formula is C15H22N4S. The summed E-state index contributed by atoms with van der Waals surface area (Å²) < 4.78 is 2.22. The van der Waals surface area contributed by atoms with Gasteiger partial charge in [-0.15, -0.1) is 0 Å². The first-order valence-electron chi connectivity index (χ1n) is 7.39. The first-order valence-corrected chi connectivity index (χ1v) is 8.55. The lowest BCUT2D eigenvalue weighted by molar-refractivity contribution is 0.658. The molecule has 3 rings (SSSR count). The average molecular weight is 290 g/mol. The Hall–Kier alpha value is -1.20. The second kappa shape index (κ2) is 6.50. The van der Waals surface area contributed by atoms with Crippen molar-refractivity contribution < 1.29 is 0 Å². The van der Waals surface area contributed by atoms with Gasteiger partial charge in [0, 0.05) is 37.3 Å². The molecule has 1 N–H and O–H groups in total. The molecule has 4 nitrogen and oxygen atoms in total. The van der Waals surface area contributed by atoms with Crippen molar-refractivity contribution in [3.8, 4) is 0 Å². The fraction of sp³-hybridized carbons (Fsp3) is 0.533. The summed E-state index contributed by atoms with van der Waals surface area (Å²) in [7, 11) is 0. The van der Waals surface area contributed by atoms with Crippen LogP contribution in [0.2, 0.25) is 0 Å². The third-order valence-corrected chi connectivity index (χ3v) is 4.58. The van der Waals surface area contributed by atoms with E-state index in [1.807, 2.05) is 11.8 Å². The quantitative estimate of drug-likeness (QED) is 0.857. The lowest BCUT2D eigenvalue weighted by atomic mass is 10.3. The minimum absolute atomic E-state index is 0.887. The molecule has 5 heteroatoms. The van der Waals surface area contributed by atoms with Crippen LogP contribution in [-0.4, -0.2) is 40.5 Å². The highest BCUT2D eigenvalue weighted by Gasteiger charge is 2.19. The first-order chi connectivity index (χ1) is 9.90. The second-order valence-corrected chi connectivity index (χ2v) is 6.31. The number of hydrogen-bond acceptors (Lipinski definition) is 4. The van der Waals surface area contributed by atoms with Gasteiger partial charge in [0.15, 0.2) is 5.82 Å². The van der Waals surface area contributed by atoms with Crippen LogP contribution >= 0.6 is 11.8 Å². The van der Waals surface area contributed by atoms with E-state index >= 15 is 0 Å². The topological polar surface area (TPSA) is 32.6 Å². The molecule has 0 aliphatic carbocycles. The predicted octanol–water partition coefficient (Wildman–Crippen LogP) is 2.39. The summed E-state index contributed by atoms with van der Waals surface area (Å²) in [6.45, 7) is 6.35. The molecule has 0 atom stereocenters. The Balaban J connectivity index is 1.93. The van der Waals surface area contributed by atoms with Gasteiger partial charge in [0.2, 0.25) is 0 Å². The fourth-order valence-corrected chi connectivity index (χ4v) is 3.51. The molecule has 0 radical (unpaired) electrons. The first kappa shape index (κ1) is 13.8. The molecule has 0 aromatic carbocycles. The number of fused-ring (bicyclic) bond motifs is 1. The molecule has 3 heterocycles. The van der Waals surface area contributed by atoms with Gasteiger partial charge in [0.05, 0.1) is 5.69 Å². The van der Waals surface area contributed by atoms with E-state index in [9.17, 15) is 0 Å². The molecule has 2 aromatic heterocycles. The van der Waals surface area contributed by atoms with Crippen molar-refractivity contribution in [2.24, 2.45) is 0 Å². The molecule has 1 aliphatic rings. The molecule has 0 unspecified atom stereocenters. The predicted molar refractivity (Wildman–Crippen MR) is 86.7 cm³/mol. The third kappa shape index (κ3) is 2.79. The number of imidazole rings is 1. The molecule has 1 aliphatic heterocycles. The van der Waals surface area contributed by atoms with Gasteiger partial charge in [-0.05, 0) is 25.1 Å². The zero-order chi connectivity index (χ0) is 13.8. The van der Waals surface area contributed by atoms with E-state index in [1.165, 1.54) is 23.0 Å². The van der Waals surface area contributed by atoms with Crippen LogP contribution in [0.3, 0.4) is 0 Å². The molecule has 0 saturated carbocycles. The van der Waals surface area contributed by atoms with E-state index in [0.29, 0.717) is 0 Å². The van der Waals surface area contributed by atoms with Crippen molar-refractivity contribution in [3.63, 3.8) is 0 Å². The van der Waals surface area contributed by atoms with Gasteiger partial charge in [-0.25, -0.2) is 4.98 Å². The minimum Gasteiger partial charge on any atom is -0.353 e. The fourth-order valence-electron chi connectivity index (χ4n) is 2.61. The number of anilines is 1. The van der Waals surface area contributed by atoms with Crippen LogP contribution in [0.5, 0.6) is 0 Å². The molecule has 20 heavy (non-hydrogen) atoms. The monoisotopic (exact) mass is 290 g/mol. The van der Waals surface area contributed by atoms with E-state index in [-0.39, 0.29) is 0 Å². The maximum atomic E-state index is 4.85. The largest absolute Gasteiger partial charge is 0.353 e. The highest BCUT2D eigenvalue weighted by Crippen LogP contribution is 2.24. The number of nitrogens with zero attached hydrogens (tertiary/aromatic N) is 3. The van der Waals surface area contributed by atoms with E-state index in [1.54, 1.807) is 0 Å². The number of rotatable bonds is 5. The van der Waals surface area contributed by atoms with E-state index in [2.05, 4.69) is 45.9 Å².